The highest BCUT2D eigenvalue weighted by molar-refractivity contribution is 5.94. The van der Waals surface area contributed by atoms with Crippen LogP contribution in [0, 0.1) is 5.82 Å². The number of benzene rings is 2. The van der Waals surface area contributed by atoms with Crippen molar-refractivity contribution in [3.8, 4) is 0 Å². The third-order valence-electron chi connectivity index (χ3n) is 6.35. The van der Waals surface area contributed by atoms with Gasteiger partial charge >= 0.3 is 0 Å². The van der Waals surface area contributed by atoms with E-state index in [1.165, 1.54) is 43.6 Å². The molecule has 4 rings (SSSR count). The second-order valence-corrected chi connectivity index (χ2v) is 8.14. The molecule has 28 heavy (non-hydrogen) atoms. The predicted molar refractivity (Wildman–Crippen MR) is 107 cm³/mol. The van der Waals surface area contributed by atoms with Crippen molar-refractivity contribution in [3.63, 3.8) is 0 Å². The fourth-order valence-corrected chi connectivity index (χ4v) is 4.68. The molecule has 5 heteroatoms. The average molecular weight is 384 g/mol. The summed E-state index contributed by atoms with van der Waals surface area (Å²) in [5.74, 6) is -0.271. The van der Waals surface area contributed by atoms with E-state index in [9.17, 15) is 9.18 Å². The third-order valence-corrected chi connectivity index (χ3v) is 6.35. The van der Waals surface area contributed by atoms with E-state index in [-0.39, 0.29) is 11.7 Å². The molecule has 4 nitrogen and oxygen atoms in total. The number of rotatable bonds is 4. The molecule has 148 valence electrons. The zero-order valence-corrected chi connectivity index (χ0v) is 16.4. The van der Waals surface area contributed by atoms with Gasteiger partial charge in [0.2, 0.25) is 0 Å². The summed E-state index contributed by atoms with van der Waals surface area (Å²) in [4.78, 5) is 17.9. The van der Waals surface area contributed by atoms with Gasteiger partial charge in [0.25, 0.3) is 5.91 Å². The Labute approximate surface area is 166 Å². The fraction of sp³-hybridized carbons (Fsp3) is 0.435. The van der Waals surface area contributed by atoms with Crippen LogP contribution in [0.3, 0.4) is 0 Å². The molecule has 0 saturated carbocycles. The van der Waals surface area contributed by atoms with Gasteiger partial charge in [-0.3, -0.25) is 4.79 Å². The Bertz CT molecular complexity index is 764. The molecule has 0 bridgehead atoms. The minimum atomic E-state index is -0.299. The van der Waals surface area contributed by atoms with Gasteiger partial charge in [-0.05, 0) is 24.3 Å². The van der Waals surface area contributed by atoms with E-state index < -0.39 is 0 Å². The van der Waals surface area contributed by atoms with Gasteiger partial charge in [-0.25, -0.2) is 4.39 Å². The summed E-state index contributed by atoms with van der Waals surface area (Å²) in [5, 5.41) is 0. The van der Waals surface area contributed by atoms with E-state index in [0.29, 0.717) is 5.56 Å². The summed E-state index contributed by atoms with van der Waals surface area (Å²) in [5.41, 5.74) is 2.01. The van der Waals surface area contributed by atoms with Crippen molar-refractivity contribution in [2.75, 3.05) is 39.3 Å². The Balaban J connectivity index is 1.23. The van der Waals surface area contributed by atoms with E-state index in [2.05, 4.69) is 30.3 Å². The normalized spacial score (nSPS) is 23.5. The van der Waals surface area contributed by atoms with Gasteiger partial charge in [0.15, 0.2) is 0 Å². The number of halogens is 1. The highest BCUT2D eigenvalue weighted by atomic mass is 19.1. The minimum absolute atomic E-state index is 0.0289. The monoisotopic (exact) mass is 383 g/mol. The number of piperidine rings is 1. The first-order valence-corrected chi connectivity index (χ1v) is 10.5. The lowest BCUT2D eigenvalue weighted by molar-refractivity contribution is -0.965. The first-order valence-electron chi connectivity index (χ1n) is 10.5. The topological polar surface area (TPSA) is 29.2 Å². The molecular weight excluding hydrogens is 353 g/mol. The number of carbonyl (C=O) groups is 1. The first-order chi connectivity index (χ1) is 13.7. The Hall–Kier alpha value is -2.24. The van der Waals surface area contributed by atoms with Gasteiger partial charge in [-0.2, -0.15) is 0 Å². The van der Waals surface area contributed by atoms with Gasteiger partial charge in [0, 0.05) is 24.0 Å². The van der Waals surface area contributed by atoms with Gasteiger partial charge in [0.1, 0.15) is 12.4 Å². The number of nitrogens with one attached hydrogen (secondary N) is 2. The van der Waals surface area contributed by atoms with E-state index in [1.807, 2.05) is 4.90 Å². The van der Waals surface area contributed by atoms with Crippen LogP contribution in [-0.2, 0) is 6.54 Å². The van der Waals surface area contributed by atoms with Crippen molar-refractivity contribution < 1.29 is 19.0 Å². The van der Waals surface area contributed by atoms with Crippen LogP contribution in [0.2, 0.25) is 0 Å². The third kappa shape index (κ3) is 4.59. The maximum Gasteiger partial charge on any atom is 0.254 e. The molecule has 0 atom stereocenters. The standard InChI is InChI=1S/C23H28FN3O/c24-21-8-6-20(7-9-21)23(28)27-16-14-26(15-17-27)22-10-12-25(13-11-22)18-19-4-2-1-3-5-19/h1-9,22H,10-18H2/p+2. The van der Waals surface area contributed by atoms with Gasteiger partial charge in [-0.15, -0.1) is 0 Å². The van der Waals surface area contributed by atoms with E-state index in [0.717, 1.165) is 38.8 Å². The van der Waals surface area contributed by atoms with Crippen LogP contribution < -0.4 is 9.80 Å². The maximum absolute atomic E-state index is 13.1. The van der Waals surface area contributed by atoms with E-state index in [1.54, 1.807) is 21.9 Å². The molecule has 0 unspecified atom stereocenters. The van der Waals surface area contributed by atoms with Crippen LogP contribution in [0.25, 0.3) is 0 Å². The number of hydrogen-bond donors (Lipinski definition) is 2. The second kappa shape index (κ2) is 8.84. The predicted octanol–water partition coefficient (Wildman–Crippen LogP) is 0.414. The summed E-state index contributed by atoms with van der Waals surface area (Å²) in [6.07, 6.45) is 2.53. The summed E-state index contributed by atoms with van der Waals surface area (Å²) in [6, 6.07) is 17.4. The van der Waals surface area contributed by atoms with Crippen LogP contribution in [0.15, 0.2) is 54.6 Å². The molecule has 2 heterocycles. The van der Waals surface area contributed by atoms with Gasteiger partial charge in [0.05, 0.1) is 45.3 Å². The number of quaternary nitrogens is 2. The molecule has 2 aromatic carbocycles. The molecule has 0 aromatic heterocycles. The molecule has 1 amide bonds. The van der Waals surface area contributed by atoms with Crippen molar-refractivity contribution in [2.24, 2.45) is 0 Å². The Morgan fingerprint density at radius 2 is 1.57 bits per heavy atom. The van der Waals surface area contributed by atoms with Crippen molar-refractivity contribution in [3.05, 3.63) is 71.5 Å². The molecule has 0 radical (unpaired) electrons. The lowest BCUT2D eigenvalue weighted by atomic mass is 10.0. The van der Waals surface area contributed by atoms with E-state index in [4.69, 9.17) is 0 Å². The molecule has 2 aliphatic rings. The first kappa shape index (κ1) is 19.1. The SMILES string of the molecule is O=C(c1ccc(F)cc1)N1CC[NH+](C2CC[NH+](Cc3ccccc3)CC2)CC1. The quantitative estimate of drug-likeness (QED) is 0.787. The van der Waals surface area contributed by atoms with Crippen molar-refractivity contribution in [1.29, 1.82) is 0 Å². The van der Waals surface area contributed by atoms with Crippen molar-refractivity contribution in [2.45, 2.75) is 25.4 Å². The molecule has 2 saturated heterocycles. The lowest BCUT2D eigenvalue weighted by Crippen LogP contribution is -3.21. The Kier molecular flexibility index (Phi) is 6.03. The Morgan fingerprint density at radius 3 is 2.21 bits per heavy atom. The molecular formula is C23H30FN3O+2. The molecule has 0 aliphatic carbocycles. The van der Waals surface area contributed by atoms with Crippen LogP contribution in [-0.4, -0.2) is 56.1 Å². The zero-order valence-electron chi connectivity index (χ0n) is 16.4. The van der Waals surface area contributed by atoms with Crippen LogP contribution in [0.5, 0.6) is 0 Å². The molecule has 0 spiro atoms. The lowest BCUT2D eigenvalue weighted by Gasteiger charge is -2.39. The molecule has 2 N–H and O–H groups in total. The number of likely N-dealkylation sites (tertiary alicyclic amines) is 1. The molecule has 2 fully saturated rings. The van der Waals surface area contributed by atoms with Crippen molar-refractivity contribution >= 4 is 5.91 Å². The second-order valence-electron chi connectivity index (χ2n) is 8.14. The molecule has 2 aromatic rings. The number of nitrogens with zero attached hydrogens (tertiary/aromatic N) is 1. The highest BCUT2D eigenvalue weighted by Gasteiger charge is 2.33. The van der Waals surface area contributed by atoms with Crippen LogP contribution >= 0.6 is 0 Å². The van der Waals surface area contributed by atoms with Crippen LogP contribution in [0.1, 0.15) is 28.8 Å². The largest absolute Gasteiger partial charge is 0.331 e. The number of carbonyl (C=O) groups excluding carboxylic acids is 1. The zero-order chi connectivity index (χ0) is 19.3. The Morgan fingerprint density at radius 1 is 0.929 bits per heavy atom. The van der Waals surface area contributed by atoms with Gasteiger partial charge in [-0.1, -0.05) is 30.3 Å². The maximum atomic E-state index is 13.1. The number of hydrogen-bond acceptors (Lipinski definition) is 1. The number of amides is 1. The smallest absolute Gasteiger partial charge is 0.254 e. The van der Waals surface area contributed by atoms with E-state index >= 15 is 0 Å². The average Bonchev–Trinajstić information content (AvgIpc) is 2.75. The fourth-order valence-electron chi connectivity index (χ4n) is 4.68. The molecule has 2 aliphatic heterocycles. The summed E-state index contributed by atoms with van der Waals surface area (Å²) >= 11 is 0. The van der Waals surface area contributed by atoms with Gasteiger partial charge < -0.3 is 14.7 Å². The summed E-state index contributed by atoms with van der Waals surface area (Å²) in [6.45, 7) is 7.23. The van der Waals surface area contributed by atoms with Crippen molar-refractivity contribution in [1.82, 2.24) is 4.90 Å². The van der Waals surface area contributed by atoms with Crippen LogP contribution in [0.4, 0.5) is 4.39 Å². The number of piperazine rings is 1. The summed E-state index contributed by atoms with van der Waals surface area (Å²) < 4.78 is 13.1. The highest BCUT2D eigenvalue weighted by Crippen LogP contribution is 2.08. The minimum Gasteiger partial charge on any atom is -0.331 e. The summed E-state index contributed by atoms with van der Waals surface area (Å²) in [7, 11) is 0.